The second kappa shape index (κ2) is 12.3. The van der Waals surface area contributed by atoms with E-state index in [2.05, 4.69) is 10.6 Å². The lowest BCUT2D eigenvalue weighted by atomic mass is 10.1. The Morgan fingerprint density at radius 2 is 1.65 bits per heavy atom. The molecule has 3 aromatic carbocycles. The number of anilines is 1. The number of carbonyl (C=O) groups is 2. The van der Waals surface area contributed by atoms with Gasteiger partial charge in [-0.2, -0.15) is 0 Å². The van der Waals surface area contributed by atoms with Gasteiger partial charge in [0.1, 0.15) is 5.75 Å². The van der Waals surface area contributed by atoms with Gasteiger partial charge in [0.2, 0.25) is 5.91 Å². The van der Waals surface area contributed by atoms with Gasteiger partial charge in [-0.05, 0) is 60.1 Å². The molecule has 0 fully saturated rings. The third kappa shape index (κ3) is 7.02. The van der Waals surface area contributed by atoms with Crippen LogP contribution < -0.4 is 20.3 Å². The summed E-state index contributed by atoms with van der Waals surface area (Å²) in [5.74, 6) is 0.177. The van der Waals surface area contributed by atoms with E-state index in [0.717, 1.165) is 23.3 Å². The van der Waals surface area contributed by atoms with Crippen LogP contribution in [0.4, 0.5) is 5.69 Å². The highest BCUT2D eigenvalue weighted by atomic mass is 32.1. The van der Waals surface area contributed by atoms with Crippen molar-refractivity contribution >= 4 is 40.9 Å². The van der Waals surface area contributed by atoms with Crippen molar-refractivity contribution in [2.24, 2.45) is 0 Å². The minimum atomic E-state index is -0.363. The van der Waals surface area contributed by atoms with Crippen molar-refractivity contribution < 1.29 is 14.3 Å². The number of rotatable bonds is 8. The number of carbonyl (C=O) groups excluding carboxylic acids is 2. The van der Waals surface area contributed by atoms with Crippen molar-refractivity contribution in [3.8, 4) is 5.75 Å². The standard InChI is InChI=1S/C27H27N3O3S/c1-30(27(34)29-25(31)17-14-21-12-15-22(33-2)16-13-21)24-11-7-6-10-23(24)26(32)28-19-18-20-8-4-3-5-9-20/h3-17H,18-19H2,1-2H3,(H,28,32)(H,29,31,34)/b17-14+. The van der Waals surface area contributed by atoms with Gasteiger partial charge in [-0.15, -0.1) is 0 Å². The fourth-order valence-electron chi connectivity index (χ4n) is 3.25. The summed E-state index contributed by atoms with van der Waals surface area (Å²) in [5.41, 5.74) is 3.08. The van der Waals surface area contributed by atoms with Gasteiger partial charge < -0.3 is 15.0 Å². The molecule has 0 aliphatic rings. The maximum Gasteiger partial charge on any atom is 0.253 e. The number of hydrogen-bond donors (Lipinski definition) is 2. The van der Waals surface area contributed by atoms with E-state index in [4.69, 9.17) is 17.0 Å². The smallest absolute Gasteiger partial charge is 0.253 e. The van der Waals surface area contributed by atoms with E-state index < -0.39 is 0 Å². The van der Waals surface area contributed by atoms with E-state index in [1.165, 1.54) is 6.08 Å². The molecule has 174 valence electrons. The van der Waals surface area contributed by atoms with Gasteiger partial charge in [-0.3, -0.25) is 14.9 Å². The molecule has 3 aromatic rings. The first-order chi connectivity index (χ1) is 16.5. The molecular formula is C27H27N3O3S. The average Bonchev–Trinajstić information content (AvgIpc) is 2.87. The number of nitrogens with one attached hydrogen (secondary N) is 2. The van der Waals surface area contributed by atoms with Crippen molar-refractivity contribution in [1.82, 2.24) is 10.6 Å². The van der Waals surface area contributed by atoms with Gasteiger partial charge in [0.15, 0.2) is 5.11 Å². The summed E-state index contributed by atoms with van der Waals surface area (Å²) in [6.07, 6.45) is 3.83. The second-order valence-corrected chi connectivity index (χ2v) is 7.86. The van der Waals surface area contributed by atoms with Crippen LogP contribution >= 0.6 is 12.2 Å². The Kier molecular flexibility index (Phi) is 8.94. The number of para-hydroxylation sites is 1. The van der Waals surface area contributed by atoms with Crippen LogP contribution in [0.2, 0.25) is 0 Å². The van der Waals surface area contributed by atoms with Gasteiger partial charge in [-0.25, -0.2) is 0 Å². The maximum atomic E-state index is 12.8. The second-order valence-electron chi connectivity index (χ2n) is 7.47. The lowest BCUT2D eigenvalue weighted by molar-refractivity contribution is -0.115. The van der Waals surface area contributed by atoms with Crippen LogP contribution in [0.5, 0.6) is 5.75 Å². The van der Waals surface area contributed by atoms with E-state index in [-0.39, 0.29) is 16.9 Å². The fourth-order valence-corrected chi connectivity index (χ4v) is 3.44. The number of benzene rings is 3. The van der Waals surface area contributed by atoms with Crippen LogP contribution in [-0.2, 0) is 11.2 Å². The van der Waals surface area contributed by atoms with Gasteiger partial charge in [0.05, 0.1) is 18.4 Å². The number of thiocarbonyl (C=S) groups is 1. The first kappa shape index (κ1) is 24.7. The van der Waals surface area contributed by atoms with Crippen LogP contribution in [0.1, 0.15) is 21.5 Å². The largest absolute Gasteiger partial charge is 0.497 e. The van der Waals surface area contributed by atoms with E-state index in [0.29, 0.717) is 17.8 Å². The zero-order chi connectivity index (χ0) is 24.3. The third-order valence-electron chi connectivity index (χ3n) is 5.13. The number of ether oxygens (including phenoxy) is 1. The molecule has 0 saturated heterocycles. The summed E-state index contributed by atoms with van der Waals surface area (Å²) in [4.78, 5) is 26.8. The minimum Gasteiger partial charge on any atom is -0.497 e. The Morgan fingerprint density at radius 3 is 2.35 bits per heavy atom. The van der Waals surface area contributed by atoms with Gasteiger partial charge in [0, 0.05) is 19.7 Å². The lowest BCUT2D eigenvalue weighted by Gasteiger charge is -2.22. The topological polar surface area (TPSA) is 70.7 Å². The lowest BCUT2D eigenvalue weighted by Crippen LogP contribution is -2.41. The quantitative estimate of drug-likeness (QED) is 0.379. The van der Waals surface area contributed by atoms with Crippen LogP contribution in [0.25, 0.3) is 6.08 Å². The van der Waals surface area contributed by atoms with E-state index in [1.807, 2.05) is 60.7 Å². The molecule has 0 aliphatic carbocycles. The van der Waals surface area contributed by atoms with Crippen LogP contribution in [0, 0.1) is 0 Å². The molecule has 7 heteroatoms. The van der Waals surface area contributed by atoms with Gasteiger partial charge in [-0.1, -0.05) is 54.6 Å². The summed E-state index contributed by atoms with van der Waals surface area (Å²) in [7, 11) is 3.31. The van der Waals surface area contributed by atoms with Crippen molar-refractivity contribution in [2.75, 3.05) is 25.6 Å². The van der Waals surface area contributed by atoms with Crippen molar-refractivity contribution in [1.29, 1.82) is 0 Å². The monoisotopic (exact) mass is 473 g/mol. The molecule has 34 heavy (non-hydrogen) atoms. The molecule has 0 aromatic heterocycles. The highest BCUT2D eigenvalue weighted by Crippen LogP contribution is 2.19. The highest BCUT2D eigenvalue weighted by Gasteiger charge is 2.17. The molecule has 6 nitrogen and oxygen atoms in total. The molecule has 0 saturated carbocycles. The molecule has 3 rings (SSSR count). The zero-order valence-corrected chi connectivity index (χ0v) is 20.0. The molecule has 2 amide bonds. The Hall–Kier alpha value is -3.97. The van der Waals surface area contributed by atoms with Crippen LogP contribution in [0.3, 0.4) is 0 Å². The fraction of sp³-hybridized carbons (Fsp3) is 0.148. The van der Waals surface area contributed by atoms with Crippen molar-refractivity contribution in [3.05, 3.63) is 102 Å². The summed E-state index contributed by atoms with van der Waals surface area (Å²) >= 11 is 5.41. The Bertz CT molecular complexity index is 1160. The Balaban J connectivity index is 1.59. The number of hydrogen-bond acceptors (Lipinski definition) is 4. The SMILES string of the molecule is COc1ccc(/C=C/C(=O)NC(=S)N(C)c2ccccc2C(=O)NCCc2ccccc2)cc1. The van der Waals surface area contributed by atoms with Crippen LogP contribution in [-0.4, -0.2) is 37.6 Å². The predicted octanol–water partition coefficient (Wildman–Crippen LogP) is 4.22. The van der Waals surface area contributed by atoms with Crippen molar-refractivity contribution in [3.63, 3.8) is 0 Å². The average molecular weight is 474 g/mol. The summed E-state index contributed by atoms with van der Waals surface area (Å²) in [5, 5.41) is 5.82. The summed E-state index contributed by atoms with van der Waals surface area (Å²) in [6.45, 7) is 0.512. The third-order valence-corrected chi connectivity index (χ3v) is 5.51. The maximum absolute atomic E-state index is 12.8. The molecule has 0 radical (unpaired) electrons. The highest BCUT2D eigenvalue weighted by molar-refractivity contribution is 7.80. The van der Waals surface area contributed by atoms with Crippen LogP contribution in [0.15, 0.2) is 84.9 Å². The molecule has 0 aliphatic heterocycles. The zero-order valence-electron chi connectivity index (χ0n) is 19.2. The molecule has 0 unspecified atom stereocenters. The Morgan fingerprint density at radius 1 is 0.971 bits per heavy atom. The van der Waals surface area contributed by atoms with Gasteiger partial charge >= 0.3 is 0 Å². The molecule has 0 bridgehead atoms. The molecule has 0 spiro atoms. The first-order valence-corrected chi connectivity index (χ1v) is 11.2. The summed E-state index contributed by atoms with van der Waals surface area (Å²) < 4.78 is 5.13. The number of nitrogens with zero attached hydrogens (tertiary/aromatic N) is 1. The minimum absolute atomic E-state index is 0.189. The molecule has 0 heterocycles. The van der Waals surface area contributed by atoms with E-state index >= 15 is 0 Å². The molecule has 0 atom stereocenters. The summed E-state index contributed by atoms with van der Waals surface area (Å²) in [6, 6.07) is 24.4. The van der Waals surface area contributed by atoms with Crippen molar-refractivity contribution in [2.45, 2.75) is 6.42 Å². The number of methoxy groups -OCH3 is 1. The van der Waals surface area contributed by atoms with E-state index in [1.54, 1.807) is 43.3 Å². The predicted molar refractivity (Wildman–Crippen MR) is 140 cm³/mol. The molecular weight excluding hydrogens is 446 g/mol. The van der Waals surface area contributed by atoms with Gasteiger partial charge in [0.25, 0.3) is 5.91 Å². The Labute approximate surface area is 205 Å². The van der Waals surface area contributed by atoms with E-state index in [9.17, 15) is 9.59 Å². The first-order valence-electron chi connectivity index (χ1n) is 10.8. The molecule has 2 N–H and O–H groups in total. The normalized spacial score (nSPS) is 10.5. The number of amides is 2.